The van der Waals surface area contributed by atoms with Crippen LogP contribution < -0.4 is 0 Å². The molecular weight excluding hydrogens is 179 g/mol. The molecule has 1 atom stereocenters. The summed E-state index contributed by atoms with van der Waals surface area (Å²) in [5.74, 6) is -0.0127. The summed E-state index contributed by atoms with van der Waals surface area (Å²) in [6.07, 6.45) is 2.60. The summed E-state index contributed by atoms with van der Waals surface area (Å²) in [7, 11) is 0. The van der Waals surface area contributed by atoms with Gasteiger partial charge in [-0.25, -0.2) is 4.39 Å². The van der Waals surface area contributed by atoms with E-state index in [4.69, 9.17) is 0 Å². The van der Waals surface area contributed by atoms with Crippen LogP contribution in [0.2, 0.25) is 0 Å². The lowest BCUT2D eigenvalue weighted by Crippen LogP contribution is -2.20. The van der Waals surface area contributed by atoms with Crippen LogP contribution in [0.25, 0.3) is 0 Å². The third-order valence-electron chi connectivity index (χ3n) is 3.07. The predicted octanol–water partition coefficient (Wildman–Crippen LogP) is 2.97. The summed E-state index contributed by atoms with van der Waals surface area (Å²) in [6.45, 7) is 1.91. The first-order valence-electron chi connectivity index (χ1n) is 5.12. The molecule has 1 aliphatic carbocycles. The third-order valence-corrected chi connectivity index (χ3v) is 3.07. The van der Waals surface area contributed by atoms with Crippen molar-refractivity contribution < 1.29 is 9.50 Å². The zero-order chi connectivity index (χ0) is 10.1. The lowest BCUT2D eigenvalue weighted by molar-refractivity contribution is 0.0591. The first kappa shape index (κ1) is 9.66. The molecule has 14 heavy (non-hydrogen) atoms. The Labute approximate surface area is 83.6 Å². The number of halogens is 1. The van der Waals surface area contributed by atoms with Crippen LogP contribution in [0.4, 0.5) is 4.39 Å². The van der Waals surface area contributed by atoms with Gasteiger partial charge in [0.05, 0.1) is 6.10 Å². The summed E-state index contributed by atoms with van der Waals surface area (Å²) in [5.41, 5.74) is 1.47. The van der Waals surface area contributed by atoms with Crippen LogP contribution in [0.5, 0.6) is 0 Å². The molecule has 1 saturated carbocycles. The quantitative estimate of drug-likeness (QED) is 0.767. The van der Waals surface area contributed by atoms with E-state index in [-0.39, 0.29) is 11.7 Å². The normalized spacial score (nSPS) is 19.1. The molecule has 2 rings (SSSR count). The minimum atomic E-state index is -0.608. The van der Waals surface area contributed by atoms with Gasteiger partial charge < -0.3 is 5.11 Å². The number of aliphatic hydroxyl groups is 1. The second kappa shape index (κ2) is 3.70. The number of aliphatic hydroxyl groups excluding tert-OH is 1. The molecule has 0 amide bonds. The zero-order valence-corrected chi connectivity index (χ0v) is 8.33. The van der Waals surface area contributed by atoms with Crippen molar-refractivity contribution in [3.63, 3.8) is 0 Å². The Morgan fingerprint density at radius 3 is 2.71 bits per heavy atom. The minimum Gasteiger partial charge on any atom is -0.388 e. The Hall–Kier alpha value is -0.890. The molecule has 0 spiro atoms. The second-order valence-electron chi connectivity index (χ2n) is 4.16. The topological polar surface area (TPSA) is 20.2 Å². The van der Waals surface area contributed by atoms with Crippen molar-refractivity contribution in [2.75, 3.05) is 0 Å². The van der Waals surface area contributed by atoms with Gasteiger partial charge in [-0.05, 0) is 31.7 Å². The summed E-state index contributed by atoms with van der Waals surface area (Å²) in [4.78, 5) is 0. The van der Waals surface area contributed by atoms with Crippen LogP contribution in [0.3, 0.4) is 0 Å². The average Bonchev–Trinajstić information content (AvgIpc) is 2.06. The highest BCUT2D eigenvalue weighted by Gasteiger charge is 2.28. The molecule has 76 valence electrons. The monoisotopic (exact) mass is 194 g/mol. The molecular formula is C12H15FO. The van der Waals surface area contributed by atoms with Gasteiger partial charge >= 0.3 is 0 Å². The zero-order valence-electron chi connectivity index (χ0n) is 8.33. The number of hydrogen-bond acceptors (Lipinski definition) is 1. The largest absolute Gasteiger partial charge is 0.388 e. The fourth-order valence-corrected chi connectivity index (χ4v) is 1.90. The second-order valence-corrected chi connectivity index (χ2v) is 4.16. The van der Waals surface area contributed by atoms with Gasteiger partial charge in [-0.1, -0.05) is 24.1 Å². The van der Waals surface area contributed by atoms with Crippen LogP contribution in [-0.2, 0) is 0 Å². The third kappa shape index (κ3) is 1.67. The summed E-state index contributed by atoms with van der Waals surface area (Å²) < 4.78 is 13.4. The molecule has 1 fully saturated rings. The highest BCUT2D eigenvalue weighted by molar-refractivity contribution is 5.26. The van der Waals surface area contributed by atoms with E-state index in [1.54, 1.807) is 12.1 Å². The van der Waals surface area contributed by atoms with E-state index in [0.717, 1.165) is 24.8 Å². The van der Waals surface area contributed by atoms with Gasteiger partial charge in [-0.3, -0.25) is 0 Å². The minimum absolute atomic E-state index is 0.270. The number of hydrogen-bond donors (Lipinski definition) is 1. The molecule has 1 nitrogen and oxygen atoms in total. The lowest BCUT2D eigenvalue weighted by atomic mass is 9.78. The molecule has 0 heterocycles. The Bertz CT molecular complexity index is 331. The van der Waals surface area contributed by atoms with Crippen molar-refractivity contribution in [1.82, 2.24) is 0 Å². The smallest absolute Gasteiger partial charge is 0.129 e. The van der Waals surface area contributed by atoms with Crippen molar-refractivity contribution in [2.45, 2.75) is 32.3 Å². The first-order chi connectivity index (χ1) is 6.68. The number of benzene rings is 1. The summed E-state index contributed by atoms with van der Waals surface area (Å²) in [6, 6.07) is 4.91. The van der Waals surface area contributed by atoms with Gasteiger partial charge in [0, 0.05) is 5.56 Å². The van der Waals surface area contributed by atoms with Crippen LogP contribution >= 0.6 is 0 Å². The van der Waals surface area contributed by atoms with Crippen LogP contribution in [0.1, 0.15) is 36.5 Å². The van der Waals surface area contributed by atoms with Crippen molar-refractivity contribution >= 4 is 0 Å². The van der Waals surface area contributed by atoms with E-state index < -0.39 is 6.10 Å². The maximum atomic E-state index is 13.4. The highest BCUT2D eigenvalue weighted by Crippen LogP contribution is 2.38. The number of rotatable bonds is 2. The molecule has 0 aromatic heterocycles. The average molecular weight is 194 g/mol. The highest BCUT2D eigenvalue weighted by atomic mass is 19.1. The van der Waals surface area contributed by atoms with E-state index >= 15 is 0 Å². The van der Waals surface area contributed by atoms with E-state index in [0.29, 0.717) is 5.56 Å². The van der Waals surface area contributed by atoms with Crippen molar-refractivity contribution in [1.29, 1.82) is 0 Å². The fraction of sp³-hybridized carbons (Fsp3) is 0.500. The van der Waals surface area contributed by atoms with Crippen LogP contribution in [0, 0.1) is 18.7 Å². The maximum absolute atomic E-state index is 13.4. The molecule has 2 heteroatoms. The van der Waals surface area contributed by atoms with Gasteiger partial charge in [-0.15, -0.1) is 0 Å². The molecule has 0 radical (unpaired) electrons. The first-order valence-corrected chi connectivity index (χ1v) is 5.12. The van der Waals surface area contributed by atoms with Crippen molar-refractivity contribution in [2.24, 2.45) is 5.92 Å². The fourth-order valence-electron chi connectivity index (χ4n) is 1.90. The number of aryl methyl sites for hydroxylation is 1. The van der Waals surface area contributed by atoms with Gasteiger partial charge in [0.1, 0.15) is 5.82 Å². The standard InChI is InChI=1S/C12H15FO/c1-8-5-6-11(13)10(7-8)12(14)9-3-2-4-9/h5-7,9,12,14H,2-4H2,1H3. The Morgan fingerprint density at radius 1 is 1.43 bits per heavy atom. The van der Waals surface area contributed by atoms with Crippen molar-refractivity contribution in [3.8, 4) is 0 Å². The van der Waals surface area contributed by atoms with Gasteiger partial charge in [-0.2, -0.15) is 0 Å². The molecule has 1 N–H and O–H groups in total. The van der Waals surface area contributed by atoms with E-state index in [9.17, 15) is 9.50 Å². The molecule has 0 saturated heterocycles. The Kier molecular flexibility index (Phi) is 2.55. The summed E-state index contributed by atoms with van der Waals surface area (Å²) in [5, 5.41) is 9.91. The lowest BCUT2D eigenvalue weighted by Gasteiger charge is -2.30. The maximum Gasteiger partial charge on any atom is 0.129 e. The van der Waals surface area contributed by atoms with E-state index in [1.807, 2.05) is 6.92 Å². The Balaban J connectivity index is 2.24. The van der Waals surface area contributed by atoms with Crippen LogP contribution in [-0.4, -0.2) is 5.11 Å². The SMILES string of the molecule is Cc1ccc(F)c(C(O)C2CCC2)c1. The molecule has 1 unspecified atom stereocenters. The predicted molar refractivity (Wildman–Crippen MR) is 53.4 cm³/mol. The van der Waals surface area contributed by atoms with Crippen molar-refractivity contribution in [3.05, 3.63) is 35.1 Å². The van der Waals surface area contributed by atoms with E-state index in [2.05, 4.69) is 0 Å². The molecule has 0 aliphatic heterocycles. The molecule has 1 aliphatic rings. The summed E-state index contributed by atoms with van der Waals surface area (Å²) >= 11 is 0. The van der Waals surface area contributed by atoms with Crippen LogP contribution in [0.15, 0.2) is 18.2 Å². The van der Waals surface area contributed by atoms with E-state index in [1.165, 1.54) is 6.07 Å². The van der Waals surface area contributed by atoms with Gasteiger partial charge in [0.2, 0.25) is 0 Å². The Morgan fingerprint density at radius 2 is 2.14 bits per heavy atom. The van der Waals surface area contributed by atoms with Gasteiger partial charge in [0.25, 0.3) is 0 Å². The molecule has 1 aromatic rings. The van der Waals surface area contributed by atoms with Gasteiger partial charge in [0.15, 0.2) is 0 Å². The molecule has 0 bridgehead atoms. The molecule has 1 aromatic carbocycles.